The normalized spacial score (nSPS) is 16.5. The van der Waals surface area contributed by atoms with E-state index in [4.69, 9.17) is 21.1 Å². The van der Waals surface area contributed by atoms with Crippen LogP contribution < -0.4 is 19.7 Å². The molecule has 3 rings (SSSR count). The first-order valence-electron chi connectivity index (χ1n) is 8.10. The van der Waals surface area contributed by atoms with Crippen LogP contribution in [0.15, 0.2) is 42.5 Å². The molecule has 2 amide bonds. The minimum Gasteiger partial charge on any atom is -0.497 e. The van der Waals surface area contributed by atoms with Gasteiger partial charge < -0.3 is 19.7 Å². The van der Waals surface area contributed by atoms with Crippen LogP contribution in [-0.2, 0) is 4.79 Å². The number of hydrogen-bond donors (Lipinski definition) is 1. The molecular formula is C19H19ClN2O4. The van der Waals surface area contributed by atoms with Crippen molar-refractivity contribution in [3.63, 3.8) is 0 Å². The lowest BCUT2D eigenvalue weighted by Gasteiger charge is -2.18. The maximum absolute atomic E-state index is 12.6. The number of amides is 2. The highest BCUT2D eigenvalue weighted by Gasteiger charge is 2.32. The van der Waals surface area contributed by atoms with Crippen LogP contribution >= 0.6 is 11.6 Å². The minimum atomic E-state index is -0.324. The number of anilines is 1. The van der Waals surface area contributed by atoms with E-state index < -0.39 is 0 Å². The number of benzene rings is 2. The molecule has 2 aromatic carbocycles. The zero-order valence-corrected chi connectivity index (χ0v) is 15.2. The lowest BCUT2D eigenvalue weighted by Crippen LogP contribution is -2.37. The van der Waals surface area contributed by atoms with Gasteiger partial charge in [0.25, 0.3) is 5.91 Å². The Morgan fingerprint density at radius 3 is 2.73 bits per heavy atom. The fraction of sp³-hybridized carbons (Fsp3) is 0.263. The first kappa shape index (κ1) is 18.1. The number of nitrogens with one attached hydrogen (secondary N) is 1. The minimum absolute atomic E-state index is 0.0541. The molecule has 0 unspecified atom stereocenters. The molecule has 0 spiro atoms. The van der Waals surface area contributed by atoms with Crippen LogP contribution in [0.4, 0.5) is 5.69 Å². The van der Waals surface area contributed by atoms with E-state index >= 15 is 0 Å². The van der Waals surface area contributed by atoms with Crippen molar-refractivity contribution in [1.82, 2.24) is 5.32 Å². The van der Waals surface area contributed by atoms with Crippen molar-refractivity contribution < 1.29 is 19.1 Å². The Morgan fingerprint density at radius 1 is 1.19 bits per heavy atom. The van der Waals surface area contributed by atoms with Crippen molar-refractivity contribution >= 4 is 29.1 Å². The van der Waals surface area contributed by atoms with Crippen molar-refractivity contribution in [2.45, 2.75) is 12.5 Å². The average Bonchev–Trinajstić information content (AvgIpc) is 3.01. The Hall–Kier alpha value is -2.73. The fourth-order valence-corrected chi connectivity index (χ4v) is 3.13. The Morgan fingerprint density at radius 2 is 2.00 bits per heavy atom. The van der Waals surface area contributed by atoms with Crippen LogP contribution in [0.3, 0.4) is 0 Å². The third-order valence-corrected chi connectivity index (χ3v) is 4.47. The number of halogens is 1. The summed E-state index contributed by atoms with van der Waals surface area (Å²) >= 11 is 5.98. The number of methoxy groups -OCH3 is 2. The van der Waals surface area contributed by atoms with E-state index in [0.29, 0.717) is 28.6 Å². The Kier molecular flexibility index (Phi) is 5.32. The summed E-state index contributed by atoms with van der Waals surface area (Å²) in [7, 11) is 3.07. The predicted molar refractivity (Wildman–Crippen MR) is 99.2 cm³/mol. The molecule has 1 heterocycles. The van der Waals surface area contributed by atoms with Gasteiger partial charge in [0.1, 0.15) is 11.5 Å². The van der Waals surface area contributed by atoms with Crippen molar-refractivity contribution in [3.8, 4) is 11.5 Å². The summed E-state index contributed by atoms with van der Waals surface area (Å²) in [5.41, 5.74) is 1.08. The molecule has 1 aliphatic rings. The standard InChI is InChI=1S/C19H19ClN2O4/c1-25-15-5-3-4-14(10-15)22-11-13(9-18(22)23)21-19(24)16-8-12(20)6-7-17(16)26-2/h3-8,10,13H,9,11H2,1-2H3,(H,21,24)/t13-/m1/s1. The number of ether oxygens (including phenoxy) is 2. The van der Waals surface area contributed by atoms with E-state index in [9.17, 15) is 9.59 Å². The third kappa shape index (κ3) is 3.75. The molecule has 0 aliphatic carbocycles. The van der Waals surface area contributed by atoms with Gasteiger partial charge in [-0.05, 0) is 30.3 Å². The van der Waals surface area contributed by atoms with Gasteiger partial charge in [0, 0.05) is 29.7 Å². The third-order valence-electron chi connectivity index (χ3n) is 4.23. The summed E-state index contributed by atoms with van der Waals surface area (Å²) in [5.74, 6) is 0.726. The average molecular weight is 375 g/mol. The first-order valence-corrected chi connectivity index (χ1v) is 8.48. The lowest BCUT2D eigenvalue weighted by molar-refractivity contribution is -0.117. The van der Waals surface area contributed by atoms with Gasteiger partial charge in [0.05, 0.1) is 25.8 Å². The van der Waals surface area contributed by atoms with Gasteiger partial charge in [0.2, 0.25) is 5.91 Å². The molecule has 0 saturated carbocycles. The molecule has 1 saturated heterocycles. The van der Waals surface area contributed by atoms with Gasteiger partial charge in [-0.15, -0.1) is 0 Å². The van der Waals surface area contributed by atoms with Gasteiger partial charge in [-0.1, -0.05) is 17.7 Å². The fourth-order valence-electron chi connectivity index (χ4n) is 2.95. The highest BCUT2D eigenvalue weighted by molar-refractivity contribution is 6.31. The second-order valence-corrected chi connectivity index (χ2v) is 6.36. The number of hydrogen-bond acceptors (Lipinski definition) is 4. The van der Waals surface area contributed by atoms with Crippen LogP contribution in [0.2, 0.25) is 5.02 Å². The summed E-state index contributed by atoms with van der Waals surface area (Å²) in [6.45, 7) is 0.390. The second kappa shape index (κ2) is 7.66. The van der Waals surface area contributed by atoms with Crippen molar-refractivity contribution in [3.05, 3.63) is 53.1 Å². The molecule has 7 heteroatoms. The molecule has 0 radical (unpaired) electrons. The van der Waals surface area contributed by atoms with Crippen LogP contribution in [0.5, 0.6) is 11.5 Å². The monoisotopic (exact) mass is 374 g/mol. The molecule has 1 fully saturated rings. The van der Waals surface area contributed by atoms with Crippen LogP contribution in [0, 0.1) is 0 Å². The smallest absolute Gasteiger partial charge is 0.255 e. The van der Waals surface area contributed by atoms with Crippen molar-refractivity contribution in [2.75, 3.05) is 25.7 Å². The highest BCUT2D eigenvalue weighted by Crippen LogP contribution is 2.26. The zero-order valence-electron chi connectivity index (χ0n) is 14.5. The Balaban J connectivity index is 1.73. The number of rotatable bonds is 5. The number of carbonyl (C=O) groups is 2. The van der Waals surface area contributed by atoms with E-state index in [1.807, 2.05) is 18.2 Å². The molecule has 1 N–H and O–H groups in total. The number of carbonyl (C=O) groups excluding carboxylic acids is 2. The second-order valence-electron chi connectivity index (χ2n) is 5.92. The van der Waals surface area contributed by atoms with Gasteiger partial charge in [-0.3, -0.25) is 9.59 Å². The highest BCUT2D eigenvalue weighted by atomic mass is 35.5. The van der Waals surface area contributed by atoms with Gasteiger partial charge in [0.15, 0.2) is 0 Å². The maximum atomic E-state index is 12.6. The lowest BCUT2D eigenvalue weighted by atomic mass is 10.1. The molecule has 1 aliphatic heterocycles. The van der Waals surface area contributed by atoms with Crippen molar-refractivity contribution in [2.24, 2.45) is 0 Å². The van der Waals surface area contributed by atoms with Gasteiger partial charge in [-0.2, -0.15) is 0 Å². The van der Waals surface area contributed by atoms with E-state index in [0.717, 1.165) is 5.69 Å². The van der Waals surface area contributed by atoms with Gasteiger partial charge >= 0.3 is 0 Å². The molecule has 26 heavy (non-hydrogen) atoms. The number of nitrogens with zero attached hydrogens (tertiary/aromatic N) is 1. The summed E-state index contributed by atoms with van der Waals surface area (Å²) in [6.07, 6.45) is 0.228. The van der Waals surface area contributed by atoms with Gasteiger partial charge in [-0.25, -0.2) is 0 Å². The van der Waals surface area contributed by atoms with Crippen LogP contribution in [0.25, 0.3) is 0 Å². The molecule has 136 valence electrons. The predicted octanol–water partition coefficient (Wildman–Crippen LogP) is 2.89. The molecule has 0 aromatic heterocycles. The molecule has 2 aromatic rings. The Bertz CT molecular complexity index is 840. The molecule has 1 atom stereocenters. The summed E-state index contributed by atoms with van der Waals surface area (Å²) in [4.78, 5) is 26.6. The summed E-state index contributed by atoms with van der Waals surface area (Å²) in [6, 6.07) is 11.8. The maximum Gasteiger partial charge on any atom is 0.255 e. The first-order chi connectivity index (χ1) is 12.5. The molecular weight excluding hydrogens is 356 g/mol. The van der Waals surface area contributed by atoms with Crippen molar-refractivity contribution in [1.29, 1.82) is 0 Å². The zero-order chi connectivity index (χ0) is 18.7. The summed E-state index contributed by atoms with van der Waals surface area (Å²) in [5, 5.41) is 3.33. The quantitative estimate of drug-likeness (QED) is 0.873. The van der Waals surface area contributed by atoms with E-state index in [-0.39, 0.29) is 24.3 Å². The van der Waals surface area contributed by atoms with Crippen LogP contribution in [0.1, 0.15) is 16.8 Å². The van der Waals surface area contributed by atoms with E-state index in [2.05, 4.69) is 5.32 Å². The molecule has 0 bridgehead atoms. The van der Waals surface area contributed by atoms with Crippen LogP contribution in [-0.4, -0.2) is 38.6 Å². The molecule has 6 nitrogen and oxygen atoms in total. The topological polar surface area (TPSA) is 67.9 Å². The largest absolute Gasteiger partial charge is 0.497 e. The Labute approximate surface area is 156 Å². The summed E-state index contributed by atoms with van der Waals surface area (Å²) < 4.78 is 10.4. The van der Waals surface area contributed by atoms with E-state index in [1.165, 1.54) is 7.11 Å². The SMILES string of the molecule is COc1cccc(N2C[C@H](NC(=O)c3cc(Cl)ccc3OC)CC2=O)c1. The van der Waals surface area contributed by atoms with E-state index in [1.54, 1.807) is 36.3 Å².